The minimum absolute atomic E-state index is 0. The van der Waals surface area contributed by atoms with Gasteiger partial charge in [0.1, 0.15) is 0 Å². The first-order valence-electron chi connectivity index (χ1n) is 7.31. The summed E-state index contributed by atoms with van der Waals surface area (Å²) < 4.78 is 1.73. The molecule has 0 bridgehead atoms. The second-order valence-corrected chi connectivity index (χ2v) is 5.63. The fourth-order valence-corrected chi connectivity index (χ4v) is 2.91. The standard InChI is InChI=1S/C16H20N4O.ClH/c1-12-9-13(10-17)11-19(12)16(21)15-7-8-20(18-15)14-5-3-2-4-6-14;/h2-8,12-13H,9-11,17H2,1H3;1H. The van der Waals surface area contributed by atoms with Crippen molar-refractivity contribution >= 4 is 18.3 Å². The molecule has 2 unspecified atom stereocenters. The number of carbonyl (C=O) groups excluding carboxylic acids is 1. The first kappa shape index (κ1) is 16.5. The van der Waals surface area contributed by atoms with Crippen molar-refractivity contribution in [2.24, 2.45) is 11.7 Å². The molecule has 3 rings (SSSR count). The van der Waals surface area contributed by atoms with Gasteiger partial charge in [0, 0.05) is 18.8 Å². The van der Waals surface area contributed by atoms with Gasteiger partial charge in [0.15, 0.2) is 5.69 Å². The van der Waals surface area contributed by atoms with Crippen LogP contribution in [0.3, 0.4) is 0 Å². The molecule has 6 heteroatoms. The van der Waals surface area contributed by atoms with Gasteiger partial charge in [-0.3, -0.25) is 4.79 Å². The number of amides is 1. The van der Waals surface area contributed by atoms with Crippen molar-refractivity contribution in [2.75, 3.05) is 13.1 Å². The summed E-state index contributed by atoms with van der Waals surface area (Å²) in [4.78, 5) is 14.5. The first-order chi connectivity index (χ1) is 10.2. The molecule has 1 aliphatic heterocycles. The van der Waals surface area contributed by atoms with Gasteiger partial charge in [-0.2, -0.15) is 5.10 Å². The Kier molecular flexibility index (Phi) is 5.21. The van der Waals surface area contributed by atoms with Crippen molar-refractivity contribution in [3.05, 3.63) is 48.3 Å². The number of aromatic nitrogens is 2. The maximum atomic E-state index is 12.6. The summed E-state index contributed by atoms with van der Waals surface area (Å²) in [5.41, 5.74) is 7.16. The van der Waals surface area contributed by atoms with Crippen LogP contribution in [0.5, 0.6) is 0 Å². The Bertz CT molecular complexity index is 628. The molecule has 0 saturated carbocycles. The fraction of sp³-hybridized carbons (Fsp3) is 0.375. The van der Waals surface area contributed by atoms with E-state index in [1.807, 2.05) is 41.4 Å². The highest BCUT2D eigenvalue weighted by molar-refractivity contribution is 5.92. The summed E-state index contributed by atoms with van der Waals surface area (Å²) in [6.45, 7) is 3.43. The smallest absolute Gasteiger partial charge is 0.274 e. The number of hydrogen-bond donors (Lipinski definition) is 1. The van der Waals surface area contributed by atoms with Crippen molar-refractivity contribution in [3.63, 3.8) is 0 Å². The topological polar surface area (TPSA) is 64.2 Å². The molecule has 2 atom stereocenters. The van der Waals surface area contributed by atoms with Crippen LogP contribution in [0.4, 0.5) is 0 Å². The average molecular weight is 321 g/mol. The van der Waals surface area contributed by atoms with E-state index in [1.54, 1.807) is 10.7 Å². The Morgan fingerprint density at radius 2 is 2.05 bits per heavy atom. The molecule has 22 heavy (non-hydrogen) atoms. The minimum Gasteiger partial charge on any atom is -0.334 e. The van der Waals surface area contributed by atoms with Crippen LogP contribution < -0.4 is 5.73 Å². The summed E-state index contributed by atoms with van der Waals surface area (Å²) in [6.07, 6.45) is 2.80. The van der Waals surface area contributed by atoms with Gasteiger partial charge < -0.3 is 10.6 Å². The Balaban J connectivity index is 0.00000176. The molecule has 1 saturated heterocycles. The van der Waals surface area contributed by atoms with E-state index in [0.29, 0.717) is 18.2 Å². The zero-order valence-corrected chi connectivity index (χ0v) is 13.4. The van der Waals surface area contributed by atoms with E-state index in [4.69, 9.17) is 5.73 Å². The van der Waals surface area contributed by atoms with Crippen LogP contribution in [-0.2, 0) is 0 Å². The lowest BCUT2D eigenvalue weighted by Gasteiger charge is -2.20. The number of halogens is 1. The molecule has 1 aromatic carbocycles. The van der Waals surface area contributed by atoms with Gasteiger partial charge in [-0.1, -0.05) is 18.2 Å². The maximum Gasteiger partial charge on any atom is 0.274 e. The quantitative estimate of drug-likeness (QED) is 0.942. The van der Waals surface area contributed by atoms with E-state index in [9.17, 15) is 4.79 Å². The molecule has 2 heterocycles. The highest BCUT2D eigenvalue weighted by Gasteiger charge is 2.32. The normalized spacial score (nSPS) is 20.7. The predicted octanol–water partition coefficient (Wildman–Crippen LogP) is 2.10. The first-order valence-corrected chi connectivity index (χ1v) is 7.31. The van der Waals surface area contributed by atoms with Crippen molar-refractivity contribution in [1.29, 1.82) is 0 Å². The molecule has 118 valence electrons. The molecule has 0 aliphatic carbocycles. The summed E-state index contributed by atoms with van der Waals surface area (Å²) in [5.74, 6) is 0.397. The Labute approximate surface area is 136 Å². The van der Waals surface area contributed by atoms with E-state index in [1.165, 1.54) is 0 Å². The lowest BCUT2D eigenvalue weighted by atomic mass is 10.1. The van der Waals surface area contributed by atoms with Gasteiger partial charge in [0.05, 0.1) is 5.69 Å². The van der Waals surface area contributed by atoms with Crippen molar-refractivity contribution < 1.29 is 4.79 Å². The SMILES string of the molecule is CC1CC(CN)CN1C(=O)c1ccn(-c2ccccc2)n1.Cl. The Morgan fingerprint density at radius 3 is 2.68 bits per heavy atom. The van der Waals surface area contributed by atoms with E-state index in [0.717, 1.165) is 18.7 Å². The zero-order valence-electron chi connectivity index (χ0n) is 12.6. The lowest BCUT2D eigenvalue weighted by molar-refractivity contribution is 0.0737. The minimum atomic E-state index is -0.00636. The average Bonchev–Trinajstić information content (AvgIpc) is 3.14. The third-order valence-electron chi connectivity index (χ3n) is 4.08. The van der Waals surface area contributed by atoms with E-state index in [-0.39, 0.29) is 24.4 Å². The van der Waals surface area contributed by atoms with Crippen LogP contribution in [0.15, 0.2) is 42.6 Å². The van der Waals surface area contributed by atoms with E-state index in [2.05, 4.69) is 12.0 Å². The predicted molar refractivity (Wildman–Crippen MR) is 88.5 cm³/mol. The number of hydrogen-bond acceptors (Lipinski definition) is 3. The second-order valence-electron chi connectivity index (χ2n) is 5.63. The van der Waals surface area contributed by atoms with Gasteiger partial charge in [-0.05, 0) is 44.0 Å². The molecule has 2 aromatic rings. The van der Waals surface area contributed by atoms with Crippen LogP contribution in [0.2, 0.25) is 0 Å². The molecule has 0 radical (unpaired) electrons. The largest absolute Gasteiger partial charge is 0.334 e. The number of benzene rings is 1. The molecular formula is C16H21ClN4O. The third-order valence-corrected chi connectivity index (χ3v) is 4.08. The van der Waals surface area contributed by atoms with Crippen LogP contribution in [-0.4, -0.2) is 39.7 Å². The number of nitrogens with two attached hydrogens (primary N) is 1. The number of likely N-dealkylation sites (tertiary alicyclic amines) is 1. The summed E-state index contributed by atoms with van der Waals surface area (Å²) in [6, 6.07) is 11.8. The van der Waals surface area contributed by atoms with Crippen molar-refractivity contribution in [1.82, 2.24) is 14.7 Å². The van der Waals surface area contributed by atoms with E-state index < -0.39 is 0 Å². The fourth-order valence-electron chi connectivity index (χ4n) is 2.91. The number of para-hydroxylation sites is 1. The summed E-state index contributed by atoms with van der Waals surface area (Å²) in [7, 11) is 0. The van der Waals surface area contributed by atoms with Crippen LogP contribution in [0.1, 0.15) is 23.8 Å². The second kappa shape index (κ2) is 6.94. The molecule has 2 N–H and O–H groups in total. The van der Waals surface area contributed by atoms with Crippen molar-refractivity contribution in [3.8, 4) is 5.69 Å². The van der Waals surface area contributed by atoms with Crippen LogP contribution in [0, 0.1) is 5.92 Å². The molecule has 1 aromatic heterocycles. The third kappa shape index (κ3) is 3.15. The van der Waals surface area contributed by atoms with Gasteiger partial charge >= 0.3 is 0 Å². The lowest BCUT2D eigenvalue weighted by Crippen LogP contribution is -2.34. The Hall–Kier alpha value is -1.85. The van der Waals surface area contributed by atoms with Crippen molar-refractivity contribution in [2.45, 2.75) is 19.4 Å². The number of nitrogens with zero attached hydrogens (tertiary/aromatic N) is 3. The van der Waals surface area contributed by atoms with Gasteiger partial charge in [0.25, 0.3) is 5.91 Å². The Morgan fingerprint density at radius 1 is 1.32 bits per heavy atom. The van der Waals surface area contributed by atoms with Gasteiger partial charge in [0.2, 0.25) is 0 Å². The maximum absolute atomic E-state index is 12.6. The molecule has 1 fully saturated rings. The van der Waals surface area contributed by atoms with Crippen LogP contribution in [0.25, 0.3) is 5.69 Å². The molecule has 0 spiro atoms. The van der Waals surface area contributed by atoms with Crippen LogP contribution >= 0.6 is 12.4 Å². The molecule has 1 amide bonds. The zero-order chi connectivity index (χ0) is 14.8. The van der Waals surface area contributed by atoms with E-state index >= 15 is 0 Å². The van der Waals surface area contributed by atoms with Gasteiger partial charge in [-0.25, -0.2) is 4.68 Å². The van der Waals surface area contributed by atoms with Gasteiger partial charge in [-0.15, -0.1) is 12.4 Å². The molecule has 1 aliphatic rings. The highest BCUT2D eigenvalue weighted by Crippen LogP contribution is 2.23. The number of carbonyl (C=O) groups is 1. The summed E-state index contributed by atoms with van der Waals surface area (Å²) in [5, 5.41) is 4.40. The highest BCUT2D eigenvalue weighted by atomic mass is 35.5. The summed E-state index contributed by atoms with van der Waals surface area (Å²) >= 11 is 0. The monoisotopic (exact) mass is 320 g/mol. The molecule has 5 nitrogen and oxygen atoms in total. The number of rotatable bonds is 3. The molecular weight excluding hydrogens is 300 g/mol.